The highest BCUT2D eigenvalue weighted by atomic mass is 79.9. The highest BCUT2D eigenvalue weighted by Crippen LogP contribution is 2.40. The molecule has 0 spiro atoms. The molecule has 1 rings (SSSR count). The Morgan fingerprint density at radius 2 is 1.69 bits per heavy atom. The second-order valence-corrected chi connectivity index (χ2v) is 7.88. The van der Waals surface area contributed by atoms with Gasteiger partial charge in [-0.25, -0.2) is 0 Å². The quantitative estimate of drug-likeness (QED) is 0.460. The highest BCUT2D eigenvalue weighted by molar-refractivity contribution is 9.09. The average Bonchev–Trinajstić information content (AvgIpc) is 2.17. The Labute approximate surface area is 110 Å². The fourth-order valence-electron chi connectivity index (χ4n) is 2.66. The van der Waals surface area contributed by atoms with Crippen molar-refractivity contribution in [3.8, 4) is 0 Å². The zero-order chi connectivity index (χ0) is 12.3. The summed E-state index contributed by atoms with van der Waals surface area (Å²) in [6.07, 6.45) is 8.10. The summed E-state index contributed by atoms with van der Waals surface area (Å²) in [5, 5.41) is 0. The molecule has 1 unspecified atom stereocenters. The zero-order valence-corrected chi connectivity index (χ0v) is 13.1. The van der Waals surface area contributed by atoms with Crippen LogP contribution in [0.3, 0.4) is 0 Å². The molecule has 1 aliphatic rings. The molecule has 0 aromatic heterocycles. The summed E-state index contributed by atoms with van der Waals surface area (Å²) in [7, 11) is 0. The Kier molecular flexibility index (Phi) is 5.10. The van der Waals surface area contributed by atoms with Crippen molar-refractivity contribution >= 4 is 15.9 Å². The number of hydrogen-bond donors (Lipinski definition) is 0. The van der Waals surface area contributed by atoms with Gasteiger partial charge in [-0.05, 0) is 56.8 Å². The van der Waals surface area contributed by atoms with Gasteiger partial charge >= 0.3 is 0 Å². The summed E-state index contributed by atoms with van der Waals surface area (Å²) in [5.74, 6) is 1.76. The molecule has 1 heteroatoms. The van der Waals surface area contributed by atoms with E-state index in [4.69, 9.17) is 0 Å². The summed E-state index contributed by atoms with van der Waals surface area (Å²) < 4.78 is 0. The van der Waals surface area contributed by atoms with E-state index >= 15 is 0 Å². The molecular formula is C15H27Br. The lowest BCUT2D eigenvalue weighted by Crippen LogP contribution is -2.25. The standard InChI is InChI=1S/C15H27Br/c1-11(12(2)16)10-13-6-8-14(9-7-13)15(3,4)5/h10,12-14H,6-9H2,1-5H3. The Hall–Kier alpha value is 0.220. The fraction of sp³-hybridized carbons (Fsp3) is 0.867. The maximum absolute atomic E-state index is 3.64. The third kappa shape index (κ3) is 4.24. The van der Waals surface area contributed by atoms with E-state index in [2.05, 4.69) is 56.6 Å². The maximum atomic E-state index is 3.64. The predicted octanol–water partition coefficient (Wildman–Crippen LogP) is 5.57. The first-order valence-electron chi connectivity index (χ1n) is 6.63. The molecule has 0 heterocycles. The van der Waals surface area contributed by atoms with Crippen LogP contribution >= 0.6 is 15.9 Å². The second-order valence-electron chi connectivity index (χ2n) is 6.50. The molecule has 0 amide bonds. The van der Waals surface area contributed by atoms with E-state index < -0.39 is 0 Å². The Balaban J connectivity index is 2.47. The van der Waals surface area contributed by atoms with Gasteiger partial charge in [0.2, 0.25) is 0 Å². The van der Waals surface area contributed by atoms with Gasteiger partial charge in [-0.1, -0.05) is 48.4 Å². The summed E-state index contributed by atoms with van der Waals surface area (Å²) in [5.41, 5.74) is 2.01. The van der Waals surface area contributed by atoms with E-state index in [1.54, 1.807) is 0 Å². The number of alkyl halides is 1. The molecule has 1 atom stereocenters. The van der Waals surface area contributed by atoms with Gasteiger partial charge in [0.15, 0.2) is 0 Å². The fourth-order valence-corrected chi connectivity index (χ4v) is 2.81. The van der Waals surface area contributed by atoms with Gasteiger partial charge in [0, 0.05) is 4.83 Å². The van der Waals surface area contributed by atoms with Gasteiger partial charge in [0.05, 0.1) is 0 Å². The molecule has 1 fully saturated rings. The topological polar surface area (TPSA) is 0 Å². The van der Waals surface area contributed by atoms with E-state index in [0.29, 0.717) is 10.2 Å². The first-order chi connectivity index (χ1) is 7.30. The molecule has 0 aromatic carbocycles. The first kappa shape index (κ1) is 14.3. The minimum Gasteiger partial charge on any atom is -0.0846 e. The molecule has 16 heavy (non-hydrogen) atoms. The molecular weight excluding hydrogens is 260 g/mol. The van der Waals surface area contributed by atoms with Crippen LogP contribution in [-0.4, -0.2) is 4.83 Å². The van der Waals surface area contributed by atoms with Crippen molar-refractivity contribution in [2.75, 3.05) is 0 Å². The van der Waals surface area contributed by atoms with Crippen LogP contribution in [0.2, 0.25) is 0 Å². The molecule has 94 valence electrons. The third-order valence-electron chi connectivity index (χ3n) is 4.12. The van der Waals surface area contributed by atoms with E-state index in [1.807, 2.05) is 0 Å². The molecule has 0 nitrogen and oxygen atoms in total. The van der Waals surface area contributed by atoms with Crippen molar-refractivity contribution in [2.24, 2.45) is 17.3 Å². The van der Waals surface area contributed by atoms with Gasteiger partial charge in [0.25, 0.3) is 0 Å². The van der Waals surface area contributed by atoms with Crippen molar-refractivity contribution in [1.29, 1.82) is 0 Å². The summed E-state index contributed by atoms with van der Waals surface area (Å²) >= 11 is 3.64. The average molecular weight is 287 g/mol. The monoisotopic (exact) mass is 286 g/mol. The van der Waals surface area contributed by atoms with Crippen LogP contribution in [0.1, 0.15) is 60.3 Å². The van der Waals surface area contributed by atoms with Crippen molar-refractivity contribution in [2.45, 2.75) is 65.1 Å². The molecule has 0 aliphatic heterocycles. The molecule has 0 N–H and O–H groups in total. The molecule has 0 aromatic rings. The normalized spacial score (nSPS) is 30.2. The molecule has 0 saturated heterocycles. The van der Waals surface area contributed by atoms with Gasteiger partial charge in [-0.3, -0.25) is 0 Å². The molecule has 0 radical (unpaired) electrons. The molecule has 0 bridgehead atoms. The van der Waals surface area contributed by atoms with Crippen LogP contribution in [-0.2, 0) is 0 Å². The van der Waals surface area contributed by atoms with E-state index in [9.17, 15) is 0 Å². The number of allylic oxidation sites excluding steroid dienone is 2. The smallest absolute Gasteiger partial charge is 0.0323 e. The van der Waals surface area contributed by atoms with Crippen molar-refractivity contribution in [3.63, 3.8) is 0 Å². The molecule has 1 aliphatic carbocycles. The number of rotatable bonds is 2. The van der Waals surface area contributed by atoms with Crippen LogP contribution in [0.5, 0.6) is 0 Å². The van der Waals surface area contributed by atoms with E-state index in [1.165, 1.54) is 31.3 Å². The van der Waals surface area contributed by atoms with Crippen molar-refractivity contribution in [3.05, 3.63) is 11.6 Å². The van der Waals surface area contributed by atoms with Crippen molar-refractivity contribution < 1.29 is 0 Å². The Morgan fingerprint density at radius 1 is 1.19 bits per heavy atom. The maximum Gasteiger partial charge on any atom is 0.0323 e. The Morgan fingerprint density at radius 3 is 2.06 bits per heavy atom. The van der Waals surface area contributed by atoms with E-state index in [0.717, 1.165) is 11.8 Å². The van der Waals surface area contributed by atoms with Crippen molar-refractivity contribution in [1.82, 2.24) is 0 Å². The first-order valence-corrected chi connectivity index (χ1v) is 7.54. The van der Waals surface area contributed by atoms with Gasteiger partial charge < -0.3 is 0 Å². The minimum atomic E-state index is 0.506. The predicted molar refractivity (Wildman–Crippen MR) is 77.0 cm³/mol. The van der Waals surface area contributed by atoms with Crippen LogP contribution in [0, 0.1) is 17.3 Å². The largest absolute Gasteiger partial charge is 0.0846 e. The lowest BCUT2D eigenvalue weighted by Gasteiger charge is -2.36. The summed E-state index contributed by atoms with van der Waals surface area (Å²) in [6, 6.07) is 0. The summed E-state index contributed by atoms with van der Waals surface area (Å²) in [6.45, 7) is 11.6. The van der Waals surface area contributed by atoms with Crippen LogP contribution in [0.15, 0.2) is 11.6 Å². The second kappa shape index (κ2) is 5.71. The third-order valence-corrected chi connectivity index (χ3v) is 4.84. The number of halogens is 1. The lowest BCUT2D eigenvalue weighted by molar-refractivity contribution is 0.162. The minimum absolute atomic E-state index is 0.506. The van der Waals surface area contributed by atoms with Gasteiger partial charge in [-0.15, -0.1) is 0 Å². The summed E-state index contributed by atoms with van der Waals surface area (Å²) in [4.78, 5) is 0.535. The van der Waals surface area contributed by atoms with Crippen LogP contribution < -0.4 is 0 Å². The Bertz CT molecular complexity index is 237. The highest BCUT2D eigenvalue weighted by Gasteiger charge is 2.28. The van der Waals surface area contributed by atoms with Crippen LogP contribution in [0.25, 0.3) is 0 Å². The lowest BCUT2D eigenvalue weighted by atomic mass is 9.69. The van der Waals surface area contributed by atoms with Crippen LogP contribution in [0.4, 0.5) is 0 Å². The van der Waals surface area contributed by atoms with Gasteiger partial charge in [0.1, 0.15) is 0 Å². The SMILES string of the molecule is CC(=CC1CCC(C(C)(C)C)CC1)C(C)Br. The van der Waals surface area contributed by atoms with Gasteiger partial charge in [-0.2, -0.15) is 0 Å². The van der Waals surface area contributed by atoms with E-state index in [-0.39, 0.29) is 0 Å². The number of hydrogen-bond acceptors (Lipinski definition) is 0. The molecule has 1 saturated carbocycles. The zero-order valence-electron chi connectivity index (χ0n) is 11.5.